The van der Waals surface area contributed by atoms with E-state index in [0.29, 0.717) is 5.75 Å². The minimum absolute atomic E-state index is 0.0171. The smallest absolute Gasteiger partial charge is 0.262 e. The van der Waals surface area contributed by atoms with Gasteiger partial charge in [0, 0.05) is 14.6 Å². The third kappa shape index (κ3) is 4.35. The molecule has 1 N–H and O–H groups in total. The molecule has 2 aromatic rings. The molecule has 0 aliphatic carbocycles. The highest BCUT2D eigenvalue weighted by Gasteiger charge is 2.05. The second-order valence-corrected chi connectivity index (χ2v) is 6.02. The Hall–Kier alpha value is -1.33. The highest BCUT2D eigenvalue weighted by molar-refractivity contribution is 9.10. The fraction of sp³-hybridized carbons (Fsp3) is 0.133. The van der Waals surface area contributed by atoms with Crippen LogP contribution in [0.2, 0.25) is 0 Å². The lowest BCUT2D eigenvalue weighted by Crippen LogP contribution is -2.20. The summed E-state index contributed by atoms with van der Waals surface area (Å²) in [6.45, 7) is 1.95. The van der Waals surface area contributed by atoms with Crippen molar-refractivity contribution in [1.82, 2.24) is 0 Å². The van der Waals surface area contributed by atoms with Crippen molar-refractivity contribution in [2.45, 2.75) is 6.92 Å². The Bertz CT molecular complexity index is 612. The van der Waals surface area contributed by atoms with Crippen molar-refractivity contribution in [2.75, 3.05) is 11.9 Å². The molecule has 0 unspecified atom stereocenters. The van der Waals surface area contributed by atoms with E-state index in [1.165, 1.54) is 0 Å². The highest BCUT2D eigenvalue weighted by atomic mass is 79.9. The fourth-order valence-corrected chi connectivity index (χ4v) is 2.11. The number of ether oxygens (including phenoxy) is 1. The molecule has 0 aliphatic rings. The van der Waals surface area contributed by atoms with Crippen molar-refractivity contribution in [3.8, 4) is 5.75 Å². The number of halogens is 2. The largest absolute Gasteiger partial charge is 0.484 e. The number of hydrogen-bond donors (Lipinski definition) is 1. The van der Waals surface area contributed by atoms with Crippen LogP contribution in [-0.4, -0.2) is 12.5 Å². The maximum atomic E-state index is 11.8. The first-order chi connectivity index (χ1) is 9.54. The Morgan fingerprint density at radius 2 is 1.85 bits per heavy atom. The third-order valence-electron chi connectivity index (χ3n) is 2.63. The number of aryl methyl sites for hydroxylation is 1. The van der Waals surface area contributed by atoms with Gasteiger partial charge in [-0.25, -0.2) is 0 Å². The maximum absolute atomic E-state index is 11.8. The molecule has 0 saturated heterocycles. The van der Waals surface area contributed by atoms with Crippen molar-refractivity contribution in [1.29, 1.82) is 0 Å². The molecule has 0 atom stereocenters. The lowest BCUT2D eigenvalue weighted by Gasteiger charge is -2.08. The Morgan fingerprint density at radius 3 is 2.50 bits per heavy atom. The lowest BCUT2D eigenvalue weighted by atomic mass is 10.2. The van der Waals surface area contributed by atoms with Crippen molar-refractivity contribution in [3.05, 3.63) is 57.0 Å². The molecule has 0 heterocycles. The van der Waals surface area contributed by atoms with Crippen molar-refractivity contribution in [3.63, 3.8) is 0 Å². The number of anilines is 1. The number of carbonyl (C=O) groups excluding carboxylic acids is 1. The summed E-state index contributed by atoms with van der Waals surface area (Å²) in [7, 11) is 0. The van der Waals surface area contributed by atoms with Crippen molar-refractivity contribution >= 4 is 43.5 Å². The normalized spacial score (nSPS) is 10.2. The van der Waals surface area contributed by atoms with Crippen LogP contribution in [0.1, 0.15) is 5.56 Å². The van der Waals surface area contributed by atoms with Crippen LogP contribution in [0.5, 0.6) is 5.75 Å². The highest BCUT2D eigenvalue weighted by Crippen LogP contribution is 2.20. The Labute approximate surface area is 134 Å². The molecule has 5 heteroatoms. The molecule has 0 fully saturated rings. The van der Waals surface area contributed by atoms with E-state index in [2.05, 4.69) is 37.2 Å². The molecule has 0 aliphatic heterocycles. The van der Waals surface area contributed by atoms with Crippen molar-refractivity contribution < 1.29 is 9.53 Å². The summed E-state index contributed by atoms with van der Waals surface area (Å²) < 4.78 is 7.39. The van der Waals surface area contributed by atoms with Gasteiger partial charge in [-0.2, -0.15) is 0 Å². The first kappa shape index (κ1) is 15.1. The molecule has 0 aromatic heterocycles. The van der Waals surface area contributed by atoms with Crippen LogP contribution in [0.25, 0.3) is 0 Å². The monoisotopic (exact) mass is 397 g/mol. The first-order valence-electron chi connectivity index (χ1n) is 5.99. The van der Waals surface area contributed by atoms with E-state index in [1.54, 1.807) is 12.1 Å². The van der Waals surface area contributed by atoms with Crippen LogP contribution in [0.4, 0.5) is 5.69 Å². The second-order valence-electron chi connectivity index (χ2n) is 4.25. The van der Waals surface area contributed by atoms with E-state index >= 15 is 0 Å². The summed E-state index contributed by atoms with van der Waals surface area (Å²) in [5.41, 5.74) is 1.83. The van der Waals surface area contributed by atoms with Crippen LogP contribution >= 0.6 is 31.9 Å². The topological polar surface area (TPSA) is 38.3 Å². The number of hydrogen-bond acceptors (Lipinski definition) is 2. The molecule has 20 heavy (non-hydrogen) atoms. The van der Waals surface area contributed by atoms with E-state index in [9.17, 15) is 4.79 Å². The average Bonchev–Trinajstić information content (AvgIpc) is 2.42. The Kier molecular flexibility index (Phi) is 5.20. The van der Waals surface area contributed by atoms with Gasteiger partial charge in [0.05, 0.1) is 0 Å². The van der Waals surface area contributed by atoms with E-state index in [0.717, 1.165) is 20.2 Å². The SMILES string of the molecule is Cc1cc(NC(=O)COc2ccc(Br)cc2)ccc1Br. The number of nitrogens with one attached hydrogen (secondary N) is 1. The standard InChI is InChI=1S/C15H13Br2NO2/c1-10-8-12(4-7-14(10)17)18-15(19)9-20-13-5-2-11(16)3-6-13/h2-8H,9H2,1H3,(H,18,19). The maximum Gasteiger partial charge on any atom is 0.262 e. The summed E-state index contributed by atoms with van der Waals surface area (Å²) in [5, 5.41) is 2.80. The third-order valence-corrected chi connectivity index (χ3v) is 4.04. The molecule has 0 saturated carbocycles. The molecule has 104 valence electrons. The number of rotatable bonds is 4. The summed E-state index contributed by atoms with van der Waals surface area (Å²) in [6, 6.07) is 13.0. The Balaban J connectivity index is 1.89. The van der Waals surface area contributed by atoms with Gasteiger partial charge in [0.25, 0.3) is 5.91 Å². The van der Waals surface area contributed by atoms with Gasteiger partial charge in [-0.15, -0.1) is 0 Å². The second kappa shape index (κ2) is 6.90. The fourth-order valence-electron chi connectivity index (χ4n) is 1.60. The average molecular weight is 399 g/mol. The van der Waals surface area contributed by atoms with Gasteiger partial charge < -0.3 is 10.1 Å². The van der Waals surface area contributed by atoms with Gasteiger partial charge in [0.2, 0.25) is 0 Å². The summed E-state index contributed by atoms with van der Waals surface area (Å²) in [5.74, 6) is 0.477. The zero-order valence-corrected chi connectivity index (χ0v) is 14.0. The van der Waals surface area contributed by atoms with E-state index < -0.39 is 0 Å². The van der Waals surface area contributed by atoms with Crippen LogP contribution in [0, 0.1) is 6.92 Å². The molecule has 2 aromatic carbocycles. The van der Waals surface area contributed by atoms with E-state index in [-0.39, 0.29) is 12.5 Å². The molecule has 0 spiro atoms. The van der Waals surface area contributed by atoms with E-state index in [4.69, 9.17) is 4.74 Å². The van der Waals surface area contributed by atoms with Gasteiger partial charge in [0.1, 0.15) is 5.75 Å². The molecule has 3 nitrogen and oxygen atoms in total. The Morgan fingerprint density at radius 1 is 1.15 bits per heavy atom. The van der Waals surface area contributed by atoms with Crippen molar-refractivity contribution in [2.24, 2.45) is 0 Å². The lowest BCUT2D eigenvalue weighted by molar-refractivity contribution is -0.118. The summed E-state index contributed by atoms with van der Waals surface area (Å²) in [6.07, 6.45) is 0. The summed E-state index contributed by atoms with van der Waals surface area (Å²) in [4.78, 5) is 11.8. The summed E-state index contributed by atoms with van der Waals surface area (Å²) >= 11 is 6.77. The minimum Gasteiger partial charge on any atom is -0.484 e. The molecular formula is C15H13Br2NO2. The van der Waals surface area contributed by atoms with Gasteiger partial charge in [0.15, 0.2) is 6.61 Å². The minimum atomic E-state index is -0.186. The molecular weight excluding hydrogens is 386 g/mol. The number of benzene rings is 2. The van der Waals surface area contributed by atoms with Gasteiger partial charge in [-0.3, -0.25) is 4.79 Å². The number of amides is 1. The van der Waals surface area contributed by atoms with Gasteiger partial charge in [-0.05, 0) is 55.0 Å². The van der Waals surface area contributed by atoms with Gasteiger partial charge in [-0.1, -0.05) is 31.9 Å². The predicted octanol–water partition coefficient (Wildman–Crippen LogP) is 4.54. The quantitative estimate of drug-likeness (QED) is 0.821. The zero-order valence-electron chi connectivity index (χ0n) is 10.8. The molecule has 0 bridgehead atoms. The van der Waals surface area contributed by atoms with Crippen LogP contribution in [0.3, 0.4) is 0 Å². The number of carbonyl (C=O) groups is 1. The van der Waals surface area contributed by atoms with E-state index in [1.807, 2.05) is 37.3 Å². The first-order valence-corrected chi connectivity index (χ1v) is 7.57. The van der Waals surface area contributed by atoms with Crippen LogP contribution in [0.15, 0.2) is 51.4 Å². The molecule has 0 radical (unpaired) electrons. The van der Waals surface area contributed by atoms with Crippen LogP contribution < -0.4 is 10.1 Å². The van der Waals surface area contributed by atoms with Gasteiger partial charge >= 0.3 is 0 Å². The molecule has 1 amide bonds. The zero-order chi connectivity index (χ0) is 14.5. The molecule has 2 rings (SSSR count). The predicted molar refractivity (Wildman–Crippen MR) is 87.1 cm³/mol. The van der Waals surface area contributed by atoms with Crippen LogP contribution in [-0.2, 0) is 4.79 Å².